The Hall–Kier alpha value is -2.62. The second-order valence-electron chi connectivity index (χ2n) is 6.96. The number of benzene rings is 2. The van der Waals surface area contributed by atoms with Gasteiger partial charge in [0.25, 0.3) is 5.91 Å². The zero-order chi connectivity index (χ0) is 17.7. The Labute approximate surface area is 142 Å². The second kappa shape index (κ2) is 7.30. The molecule has 0 saturated heterocycles. The molecule has 2 aromatic carbocycles. The van der Waals surface area contributed by atoms with Gasteiger partial charge in [-0.1, -0.05) is 57.2 Å². The number of hydrogen-bond acceptors (Lipinski definition) is 2. The van der Waals surface area contributed by atoms with Gasteiger partial charge in [-0.05, 0) is 35.1 Å². The molecule has 0 radical (unpaired) electrons. The zero-order valence-electron chi connectivity index (χ0n) is 14.3. The average molecular weight is 325 g/mol. The van der Waals surface area contributed by atoms with Crippen molar-refractivity contribution in [2.24, 2.45) is 5.41 Å². The molecule has 0 spiro atoms. The summed E-state index contributed by atoms with van der Waals surface area (Å²) in [6.45, 7) is 6.94. The maximum Gasteiger partial charge on any atom is 0.336 e. The molecule has 4 heteroatoms. The number of carboxylic acid groups (broad SMARTS) is 1. The average Bonchev–Trinajstić information content (AvgIpc) is 2.53. The van der Waals surface area contributed by atoms with Crippen LogP contribution in [0.2, 0.25) is 0 Å². The third-order valence-corrected chi connectivity index (χ3v) is 3.78. The summed E-state index contributed by atoms with van der Waals surface area (Å²) < 4.78 is 0. The molecule has 0 saturated carbocycles. The SMILES string of the molecule is CC(C)(C)CCNC(=O)c1ccccc1-c1ccccc1C(=O)O. The van der Waals surface area contributed by atoms with Crippen LogP contribution in [-0.2, 0) is 0 Å². The van der Waals surface area contributed by atoms with Crippen molar-refractivity contribution in [1.29, 1.82) is 0 Å². The van der Waals surface area contributed by atoms with Crippen molar-refractivity contribution in [2.45, 2.75) is 27.2 Å². The summed E-state index contributed by atoms with van der Waals surface area (Å²) in [6.07, 6.45) is 0.868. The van der Waals surface area contributed by atoms with Crippen molar-refractivity contribution in [3.05, 3.63) is 59.7 Å². The largest absolute Gasteiger partial charge is 0.478 e. The van der Waals surface area contributed by atoms with Crippen molar-refractivity contribution in [1.82, 2.24) is 5.32 Å². The van der Waals surface area contributed by atoms with Gasteiger partial charge in [0.2, 0.25) is 0 Å². The lowest BCUT2D eigenvalue weighted by atomic mass is 9.92. The first-order valence-corrected chi connectivity index (χ1v) is 7.99. The molecule has 126 valence electrons. The first kappa shape index (κ1) is 17.7. The summed E-state index contributed by atoms with van der Waals surface area (Å²) in [5, 5.41) is 12.3. The third-order valence-electron chi connectivity index (χ3n) is 3.78. The Kier molecular flexibility index (Phi) is 5.39. The van der Waals surface area contributed by atoms with Crippen LogP contribution in [0, 0.1) is 5.41 Å². The van der Waals surface area contributed by atoms with Crippen LogP contribution in [-0.4, -0.2) is 23.5 Å². The van der Waals surface area contributed by atoms with Crippen LogP contribution in [0.25, 0.3) is 11.1 Å². The molecule has 24 heavy (non-hydrogen) atoms. The van der Waals surface area contributed by atoms with E-state index >= 15 is 0 Å². The van der Waals surface area contributed by atoms with Gasteiger partial charge in [-0.2, -0.15) is 0 Å². The van der Waals surface area contributed by atoms with Crippen molar-refractivity contribution >= 4 is 11.9 Å². The van der Waals surface area contributed by atoms with Gasteiger partial charge in [0.1, 0.15) is 0 Å². The fraction of sp³-hybridized carbons (Fsp3) is 0.300. The zero-order valence-corrected chi connectivity index (χ0v) is 14.3. The van der Waals surface area contributed by atoms with Crippen LogP contribution < -0.4 is 5.32 Å². The van der Waals surface area contributed by atoms with E-state index in [2.05, 4.69) is 26.1 Å². The van der Waals surface area contributed by atoms with Gasteiger partial charge in [-0.15, -0.1) is 0 Å². The summed E-state index contributed by atoms with van der Waals surface area (Å²) in [7, 11) is 0. The van der Waals surface area contributed by atoms with Crippen LogP contribution in [0.15, 0.2) is 48.5 Å². The monoisotopic (exact) mass is 325 g/mol. The second-order valence-corrected chi connectivity index (χ2v) is 6.96. The van der Waals surface area contributed by atoms with E-state index < -0.39 is 5.97 Å². The van der Waals surface area contributed by atoms with Gasteiger partial charge < -0.3 is 10.4 Å². The lowest BCUT2D eigenvalue weighted by Gasteiger charge is -2.18. The number of amides is 1. The minimum Gasteiger partial charge on any atom is -0.478 e. The van der Waals surface area contributed by atoms with E-state index in [9.17, 15) is 14.7 Å². The van der Waals surface area contributed by atoms with E-state index in [0.717, 1.165) is 6.42 Å². The molecule has 0 unspecified atom stereocenters. The third kappa shape index (κ3) is 4.44. The van der Waals surface area contributed by atoms with Gasteiger partial charge in [0, 0.05) is 12.1 Å². The highest BCUT2D eigenvalue weighted by atomic mass is 16.4. The highest BCUT2D eigenvalue weighted by Crippen LogP contribution is 2.27. The van der Waals surface area contributed by atoms with Gasteiger partial charge >= 0.3 is 5.97 Å². The Morgan fingerprint density at radius 3 is 1.96 bits per heavy atom. The molecule has 0 aromatic heterocycles. The molecule has 0 atom stereocenters. The smallest absolute Gasteiger partial charge is 0.336 e. The molecule has 0 bridgehead atoms. The van der Waals surface area contributed by atoms with Crippen molar-refractivity contribution in [2.75, 3.05) is 6.54 Å². The minimum absolute atomic E-state index is 0.142. The molecular formula is C20H23NO3. The standard InChI is InChI=1S/C20H23NO3/c1-20(2,3)12-13-21-18(22)16-10-6-4-8-14(16)15-9-5-7-11-17(15)19(23)24/h4-11H,12-13H2,1-3H3,(H,21,22)(H,23,24). The van der Waals surface area contributed by atoms with E-state index in [1.165, 1.54) is 0 Å². The fourth-order valence-corrected chi connectivity index (χ4v) is 2.47. The Morgan fingerprint density at radius 1 is 0.917 bits per heavy atom. The normalized spacial score (nSPS) is 11.1. The van der Waals surface area contributed by atoms with Crippen molar-refractivity contribution < 1.29 is 14.7 Å². The molecular weight excluding hydrogens is 302 g/mol. The van der Waals surface area contributed by atoms with Crippen LogP contribution in [0.1, 0.15) is 47.9 Å². The number of rotatable bonds is 5. The van der Waals surface area contributed by atoms with E-state index in [0.29, 0.717) is 23.2 Å². The lowest BCUT2D eigenvalue weighted by Crippen LogP contribution is -2.27. The van der Waals surface area contributed by atoms with Crippen LogP contribution in [0.5, 0.6) is 0 Å². The van der Waals surface area contributed by atoms with Crippen LogP contribution in [0.3, 0.4) is 0 Å². The van der Waals surface area contributed by atoms with Crippen molar-refractivity contribution in [3.8, 4) is 11.1 Å². The maximum absolute atomic E-state index is 12.5. The van der Waals surface area contributed by atoms with Gasteiger partial charge in [-0.25, -0.2) is 4.79 Å². The summed E-state index contributed by atoms with van der Waals surface area (Å²) >= 11 is 0. The summed E-state index contributed by atoms with van der Waals surface area (Å²) in [6, 6.07) is 13.8. The highest BCUT2D eigenvalue weighted by Gasteiger charge is 2.18. The highest BCUT2D eigenvalue weighted by molar-refractivity contribution is 6.04. The van der Waals surface area contributed by atoms with Gasteiger partial charge in [0.05, 0.1) is 5.56 Å². The number of carbonyl (C=O) groups excluding carboxylic acids is 1. The van der Waals surface area contributed by atoms with Gasteiger partial charge in [0.15, 0.2) is 0 Å². The number of carboxylic acids is 1. The Bertz CT molecular complexity index is 745. The predicted octanol–water partition coefficient (Wildman–Crippen LogP) is 4.22. The number of carbonyl (C=O) groups is 2. The van der Waals surface area contributed by atoms with Crippen LogP contribution >= 0.6 is 0 Å². The molecule has 0 aliphatic heterocycles. The predicted molar refractivity (Wildman–Crippen MR) is 95.2 cm³/mol. The maximum atomic E-state index is 12.5. The first-order chi connectivity index (χ1) is 11.3. The van der Waals surface area contributed by atoms with E-state index in [-0.39, 0.29) is 16.9 Å². The molecule has 2 rings (SSSR count). The molecule has 2 N–H and O–H groups in total. The fourth-order valence-electron chi connectivity index (χ4n) is 2.47. The quantitative estimate of drug-likeness (QED) is 0.865. The topological polar surface area (TPSA) is 66.4 Å². The molecule has 1 amide bonds. The van der Waals surface area contributed by atoms with E-state index in [1.807, 2.05) is 0 Å². The van der Waals surface area contributed by atoms with E-state index in [1.54, 1.807) is 48.5 Å². The van der Waals surface area contributed by atoms with Gasteiger partial charge in [-0.3, -0.25) is 4.79 Å². The number of aromatic carboxylic acids is 1. The van der Waals surface area contributed by atoms with Crippen molar-refractivity contribution in [3.63, 3.8) is 0 Å². The molecule has 0 aliphatic carbocycles. The Balaban J connectivity index is 2.32. The first-order valence-electron chi connectivity index (χ1n) is 7.99. The Morgan fingerprint density at radius 2 is 1.42 bits per heavy atom. The summed E-state index contributed by atoms with van der Waals surface area (Å²) in [5.41, 5.74) is 1.99. The van der Waals surface area contributed by atoms with Crippen LogP contribution in [0.4, 0.5) is 0 Å². The molecule has 0 heterocycles. The summed E-state index contributed by atoms with van der Waals surface area (Å²) in [5.74, 6) is -1.19. The minimum atomic E-state index is -1.01. The summed E-state index contributed by atoms with van der Waals surface area (Å²) in [4.78, 5) is 24.0. The van der Waals surface area contributed by atoms with E-state index in [4.69, 9.17) is 0 Å². The number of hydrogen-bond donors (Lipinski definition) is 2. The lowest BCUT2D eigenvalue weighted by molar-refractivity contribution is 0.0697. The molecule has 2 aromatic rings. The molecule has 0 aliphatic rings. The number of nitrogens with one attached hydrogen (secondary N) is 1. The molecule has 0 fully saturated rings. The molecule has 4 nitrogen and oxygen atoms in total.